The van der Waals surface area contributed by atoms with Crippen molar-refractivity contribution in [1.29, 1.82) is 0 Å². The zero-order valence-corrected chi connectivity index (χ0v) is 8.07. The minimum atomic E-state index is 0.998. The first kappa shape index (κ1) is 9.65. The summed E-state index contributed by atoms with van der Waals surface area (Å²) in [5.41, 5.74) is 0.998. The van der Waals surface area contributed by atoms with Gasteiger partial charge in [-0.1, -0.05) is 38.5 Å². The molecule has 0 fully saturated rings. The summed E-state index contributed by atoms with van der Waals surface area (Å²) >= 11 is 0. The van der Waals surface area contributed by atoms with Crippen LogP contribution in [0.1, 0.15) is 20.3 Å². The van der Waals surface area contributed by atoms with Gasteiger partial charge >= 0.3 is 0 Å². The van der Waals surface area contributed by atoms with Crippen LogP contribution in [-0.4, -0.2) is 9.97 Å². The zero-order valence-electron chi connectivity index (χ0n) is 8.07. The topological polar surface area (TPSA) is 25.8 Å². The molecule has 1 heterocycles. The first-order valence-corrected chi connectivity index (χ1v) is 4.53. The van der Waals surface area contributed by atoms with Gasteiger partial charge in [0.1, 0.15) is 6.33 Å². The zero-order chi connectivity index (χ0) is 9.52. The molecule has 1 aromatic carbocycles. The lowest BCUT2D eigenvalue weighted by atomic mass is 10.2. The van der Waals surface area contributed by atoms with Crippen LogP contribution in [0.2, 0.25) is 0 Å². The Kier molecular flexibility index (Phi) is 3.89. The second kappa shape index (κ2) is 5.25. The van der Waals surface area contributed by atoms with Gasteiger partial charge in [-0.05, 0) is 6.07 Å². The van der Waals surface area contributed by atoms with Crippen molar-refractivity contribution < 1.29 is 0 Å². The van der Waals surface area contributed by atoms with Crippen LogP contribution in [0, 0.1) is 0 Å². The molecule has 0 amide bonds. The Morgan fingerprint density at radius 2 is 1.85 bits per heavy atom. The third-order valence-corrected chi connectivity index (χ3v) is 1.41. The Labute approximate surface area is 78.7 Å². The minimum Gasteiger partial charge on any atom is -0.244 e. The van der Waals surface area contributed by atoms with Crippen LogP contribution in [-0.2, 0) is 0 Å². The summed E-state index contributed by atoms with van der Waals surface area (Å²) in [5.74, 6) is 0. The van der Waals surface area contributed by atoms with Gasteiger partial charge < -0.3 is 0 Å². The van der Waals surface area contributed by atoms with Crippen molar-refractivity contribution in [3.63, 3.8) is 0 Å². The van der Waals surface area contributed by atoms with E-state index in [9.17, 15) is 0 Å². The van der Waals surface area contributed by atoms with E-state index in [1.54, 1.807) is 6.33 Å². The highest BCUT2D eigenvalue weighted by atomic mass is 14.8. The molecule has 0 saturated carbocycles. The van der Waals surface area contributed by atoms with Gasteiger partial charge in [0.25, 0.3) is 0 Å². The maximum atomic E-state index is 4.07. The van der Waals surface area contributed by atoms with E-state index in [2.05, 4.69) is 23.8 Å². The molecule has 0 atom stereocenters. The molecule has 2 nitrogen and oxygen atoms in total. The quantitative estimate of drug-likeness (QED) is 0.613. The van der Waals surface area contributed by atoms with Gasteiger partial charge in [0, 0.05) is 11.6 Å². The van der Waals surface area contributed by atoms with Crippen molar-refractivity contribution in [3.05, 3.63) is 36.8 Å². The van der Waals surface area contributed by atoms with Gasteiger partial charge in [0.2, 0.25) is 0 Å². The number of rotatable bonds is 0. The van der Waals surface area contributed by atoms with Gasteiger partial charge in [-0.25, -0.2) is 9.97 Å². The molecule has 1 aromatic heterocycles. The largest absolute Gasteiger partial charge is 0.244 e. The highest BCUT2D eigenvalue weighted by molar-refractivity contribution is 5.76. The Morgan fingerprint density at radius 3 is 2.54 bits per heavy atom. The van der Waals surface area contributed by atoms with E-state index in [0.29, 0.717) is 0 Å². The lowest BCUT2D eigenvalue weighted by Gasteiger charge is -1.90. The number of nitrogens with zero attached hydrogens (tertiary/aromatic N) is 2. The second-order valence-corrected chi connectivity index (χ2v) is 2.79. The molecule has 0 saturated heterocycles. The lowest BCUT2D eigenvalue weighted by Crippen LogP contribution is -1.77. The Balaban J connectivity index is 0.000000251. The van der Waals surface area contributed by atoms with Gasteiger partial charge in [-0.3, -0.25) is 0 Å². The number of fused-ring (bicyclic) bond motifs is 1. The number of hydrogen-bond donors (Lipinski definition) is 0. The molecule has 0 aliphatic carbocycles. The predicted octanol–water partition coefficient (Wildman–Crippen LogP) is 3.05. The fraction of sp³-hybridized carbons (Fsp3) is 0.273. The molecule has 0 radical (unpaired) electrons. The number of benzene rings is 1. The summed E-state index contributed by atoms with van der Waals surface area (Å²) in [5, 5.41) is 1.09. The van der Waals surface area contributed by atoms with E-state index in [1.165, 1.54) is 6.42 Å². The number of para-hydroxylation sites is 1. The van der Waals surface area contributed by atoms with Gasteiger partial charge in [0.15, 0.2) is 0 Å². The van der Waals surface area contributed by atoms with Crippen LogP contribution >= 0.6 is 0 Å². The van der Waals surface area contributed by atoms with E-state index < -0.39 is 0 Å². The third kappa shape index (κ3) is 2.82. The Hall–Kier alpha value is -1.44. The average molecular weight is 174 g/mol. The van der Waals surface area contributed by atoms with Gasteiger partial charge in [-0.15, -0.1) is 0 Å². The molecule has 0 aliphatic heterocycles. The predicted molar refractivity (Wildman–Crippen MR) is 55.5 cm³/mol. The number of hydrogen-bond acceptors (Lipinski definition) is 2. The third-order valence-electron chi connectivity index (χ3n) is 1.41. The van der Waals surface area contributed by atoms with Crippen LogP contribution in [0.3, 0.4) is 0 Å². The van der Waals surface area contributed by atoms with Crippen LogP contribution in [0.5, 0.6) is 0 Å². The van der Waals surface area contributed by atoms with Gasteiger partial charge in [0.05, 0.1) is 5.52 Å². The van der Waals surface area contributed by atoms with Crippen molar-refractivity contribution in [2.75, 3.05) is 0 Å². The molecular weight excluding hydrogens is 160 g/mol. The van der Waals surface area contributed by atoms with E-state index >= 15 is 0 Å². The maximum Gasteiger partial charge on any atom is 0.116 e. The molecule has 0 spiro atoms. The summed E-state index contributed by atoms with van der Waals surface area (Å²) in [6.45, 7) is 4.25. The van der Waals surface area contributed by atoms with Crippen molar-refractivity contribution in [1.82, 2.24) is 9.97 Å². The Morgan fingerprint density at radius 1 is 1.15 bits per heavy atom. The molecular formula is C11H14N2. The summed E-state index contributed by atoms with van der Waals surface area (Å²) in [6.07, 6.45) is 4.62. The second-order valence-electron chi connectivity index (χ2n) is 2.79. The highest BCUT2D eigenvalue weighted by Gasteiger charge is 1.87. The minimum absolute atomic E-state index is 0.998. The summed E-state index contributed by atoms with van der Waals surface area (Å²) in [4.78, 5) is 7.97. The first-order chi connectivity index (χ1) is 6.38. The summed E-state index contributed by atoms with van der Waals surface area (Å²) < 4.78 is 0. The van der Waals surface area contributed by atoms with Crippen LogP contribution in [0.15, 0.2) is 36.8 Å². The number of aromatic nitrogens is 2. The van der Waals surface area contributed by atoms with Crippen LogP contribution < -0.4 is 0 Å². The average Bonchev–Trinajstić information content (AvgIpc) is 2.19. The van der Waals surface area contributed by atoms with Crippen LogP contribution in [0.25, 0.3) is 10.9 Å². The monoisotopic (exact) mass is 174 g/mol. The van der Waals surface area contributed by atoms with E-state index in [1.807, 2.05) is 30.5 Å². The summed E-state index contributed by atoms with van der Waals surface area (Å²) in [7, 11) is 0. The van der Waals surface area contributed by atoms with Crippen molar-refractivity contribution >= 4 is 10.9 Å². The smallest absolute Gasteiger partial charge is 0.116 e. The molecule has 68 valence electrons. The van der Waals surface area contributed by atoms with Crippen molar-refractivity contribution in [2.24, 2.45) is 0 Å². The normalized spacial score (nSPS) is 9.08. The maximum absolute atomic E-state index is 4.07. The lowest BCUT2D eigenvalue weighted by molar-refractivity contribution is 1.09. The first-order valence-electron chi connectivity index (χ1n) is 4.53. The van der Waals surface area contributed by atoms with Crippen molar-refractivity contribution in [2.45, 2.75) is 20.3 Å². The van der Waals surface area contributed by atoms with Crippen molar-refractivity contribution in [3.8, 4) is 0 Å². The SMILES string of the molecule is CCC.c1ccc2ncncc2c1. The molecule has 2 heteroatoms. The standard InChI is InChI=1S/C8H6N2.C3H8/c1-2-4-8-7(3-1)5-9-6-10-8;1-3-2/h1-6H;3H2,1-2H3. The molecule has 13 heavy (non-hydrogen) atoms. The molecule has 0 unspecified atom stereocenters. The molecule has 0 bridgehead atoms. The summed E-state index contributed by atoms with van der Waals surface area (Å²) in [6, 6.07) is 7.91. The van der Waals surface area contributed by atoms with E-state index in [-0.39, 0.29) is 0 Å². The Bertz CT molecular complexity index is 292. The van der Waals surface area contributed by atoms with E-state index in [0.717, 1.165) is 10.9 Å². The fourth-order valence-corrected chi connectivity index (χ4v) is 0.923. The molecule has 2 rings (SSSR count). The van der Waals surface area contributed by atoms with Gasteiger partial charge in [-0.2, -0.15) is 0 Å². The molecule has 0 N–H and O–H groups in total. The fourth-order valence-electron chi connectivity index (χ4n) is 0.923. The van der Waals surface area contributed by atoms with Crippen LogP contribution in [0.4, 0.5) is 0 Å². The highest BCUT2D eigenvalue weighted by Crippen LogP contribution is 2.06. The molecule has 0 aliphatic rings. The van der Waals surface area contributed by atoms with E-state index in [4.69, 9.17) is 0 Å². The molecule has 2 aromatic rings.